The Morgan fingerprint density at radius 1 is 1.14 bits per heavy atom. The average Bonchev–Trinajstić information content (AvgIpc) is 3.50. The summed E-state index contributed by atoms with van der Waals surface area (Å²) in [4.78, 5) is 44.9. The van der Waals surface area contributed by atoms with Gasteiger partial charge in [-0.1, -0.05) is 6.07 Å². The molecule has 0 saturated carbocycles. The molecule has 1 aliphatic rings. The molecule has 0 radical (unpaired) electrons. The molecule has 35 heavy (non-hydrogen) atoms. The number of Topliss-reactive ketones (excluding diaryl/α,β-unsaturated/α-hetero) is 1. The van der Waals surface area contributed by atoms with Crippen LogP contribution in [-0.4, -0.2) is 51.0 Å². The Hall–Kier alpha value is -4.25. The maximum Gasteiger partial charge on any atom is 0.296 e. The third kappa shape index (κ3) is 3.60. The van der Waals surface area contributed by atoms with Crippen LogP contribution >= 0.6 is 11.3 Å². The number of carbonyl (C=O) groups is 2. The fraction of sp³-hybridized carbons (Fsp3) is 0.208. The summed E-state index contributed by atoms with van der Waals surface area (Å²) < 4.78 is 10.7. The van der Waals surface area contributed by atoms with Gasteiger partial charge in [0, 0.05) is 18.3 Å². The molecular weight excluding hydrogens is 470 g/mol. The number of hydrogen-bond donors (Lipinski definition) is 2. The second-order valence-corrected chi connectivity index (χ2v) is 9.06. The first-order chi connectivity index (χ1) is 16.8. The fourth-order valence-electron chi connectivity index (χ4n) is 4.17. The van der Waals surface area contributed by atoms with E-state index in [1.807, 2.05) is 0 Å². The molecule has 4 heterocycles. The van der Waals surface area contributed by atoms with Gasteiger partial charge in [0.1, 0.15) is 6.04 Å². The van der Waals surface area contributed by atoms with Gasteiger partial charge in [0.2, 0.25) is 11.7 Å². The van der Waals surface area contributed by atoms with Gasteiger partial charge >= 0.3 is 0 Å². The smallest absolute Gasteiger partial charge is 0.296 e. The molecule has 1 atom stereocenters. The quantitative estimate of drug-likeness (QED) is 0.389. The highest BCUT2D eigenvalue weighted by atomic mass is 32.1. The van der Waals surface area contributed by atoms with E-state index >= 15 is 0 Å². The van der Waals surface area contributed by atoms with Crippen LogP contribution in [0.1, 0.15) is 32.1 Å². The third-order valence-electron chi connectivity index (χ3n) is 5.73. The molecule has 1 aromatic carbocycles. The van der Waals surface area contributed by atoms with E-state index < -0.39 is 23.5 Å². The highest BCUT2D eigenvalue weighted by Crippen LogP contribution is 2.42. The number of nitrogens with zero attached hydrogens (tertiary/aromatic N) is 4. The molecule has 4 aromatic rings. The maximum absolute atomic E-state index is 13.6. The number of ether oxygens (including phenoxy) is 2. The number of methoxy groups -OCH3 is 2. The number of rotatable bonds is 6. The van der Waals surface area contributed by atoms with E-state index in [1.165, 1.54) is 30.5 Å². The van der Waals surface area contributed by atoms with Crippen LogP contribution in [-0.2, 0) is 4.79 Å². The highest BCUT2D eigenvalue weighted by Gasteiger charge is 2.47. The number of hydrogen-bond acceptors (Lipinski definition) is 9. The summed E-state index contributed by atoms with van der Waals surface area (Å²) in [5.74, 6) is -0.788. The number of aliphatic hydroxyl groups is 1. The van der Waals surface area contributed by atoms with E-state index in [-0.39, 0.29) is 11.5 Å². The number of pyridine rings is 1. The zero-order valence-electron chi connectivity index (χ0n) is 19.3. The Kier molecular flexibility index (Phi) is 5.48. The third-order valence-corrected chi connectivity index (χ3v) is 6.80. The highest BCUT2D eigenvalue weighted by molar-refractivity contribution is 7.14. The van der Waals surface area contributed by atoms with Gasteiger partial charge in [0.05, 0.1) is 52.1 Å². The van der Waals surface area contributed by atoms with Gasteiger partial charge in [0.15, 0.2) is 17.3 Å². The number of carbonyl (C=O) groups excluding carboxylic acids is 2. The molecule has 11 heteroatoms. The van der Waals surface area contributed by atoms with Crippen molar-refractivity contribution in [3.05, 3.63) is 69.1 Å². The van der Waals surface area contributed by atoms with Crippen LogP contribution in [0.15, 0.2) is 47.9 Å². The Balaban J connectivity index is 1.67. The van der Waals surface area contributed by atoms with Gasteiger partial charge in [-0.2, -0.15) is 0 Å². The molecule has 2 N–H and O–H groups in total. The van der Waals surface area contributed by atoms with Crippen molar-refractivity contribution in [3.8, 4) is 11.5 Å². The van der Waals surface area contributed by atoms with Crippen LogP contribution in [0.3, 0.4) is 0 Å². The van der Waals surface area contributed by atoms with Gasteiger partial charge < -0.3 is 19.6 Å². The second kappa shape index (κ2) is 8.51. The van der Waals surface area contributed by atoms with Crippen LogP contribution in [0, 0.1) is 13.8 Å². The van der Waals surface area contributed by atoms with Crippen LogP contribution in [0.25, 0.3) is 11.0 Å². The van der Waals surface area contributed by atoms with Crippen molar-refractivity contribution < 1.29 is 24.2 Å². The summed E-state index contributed by atoms with van der Waals surface area (Å²) in [5, 5.41) is 11.6. The molecule has 0 saturated heterocycles. The minimum absolute atomic E-state index is 0.0731. The van der Waals surface area contributed by atoms with Gasteiger partial charge in [0.25, 0.3) is 5.91 Å². The zero-order valence-corrected chi connectivity index (χ0v) is 20.1. The van der Waals surface area contributed by atoms with Crippen molar-refractivity contribution in [3.63, 3.8) is 0 Å². The van der Waals surface area contributed by atoms with Crippen LogP contribution in [0.2, 0.25) is 0 Å². The van der Waals surface area contributed by atoms with E-state index in [1.54, 1.807) is 50.4 Å². The number of aryl methyl sites for hydroxylation is 2. The van der Waals surface area contributed by atoms with Crippen molar-refractivity contribution in [1.29, 1.82) is 0 Å². The van der Waals surface area contributed by atoms with Crippen LogP contribution in [0.4, 0.5) is 5.95 Å². The lowest BCUT2D eigenvalue weighted by Gasteiger charge is -2.23. The normalized spacial score (nSPS) is 15.8. The maximum atomic E-state index is 13.6. The van der Waals surface area contributed by atoms with Gasteiger partial charge in [-0.3, -0.25) is 19.5 Å². The number of amides is 1. The second-order valence-electron chi connectivity index (χ2n) is 7.86. The summed E-state index contributed by atoms with van der Waals surface area (Å²) in [6.07, 6.45) is 1.56. The number of imidazole rings is 1. The van der Waals surface area contributed by atoms with Gasteiger partial charge in [-0.15, -0.1) is 11.3 Å². The number of thiazole rings is 1. The Bertz CT molecular complexity index is 1470. The van der Waals surface area contributed by atoms with E-state index in [2.05, 4.69) is 19.9 Å². The first-order valence-corrected chi connectivity index (χ1v) is 11.4. The topological polar surface area (TPSA) is 131 Å². The number of H-pyrrole nitrogens is 1. The van der Waals surface area contributed by atoms with E-state index in [0.717, 1.165) is 0 Å². The predicted molar refractivity (Wildman–Crippen MR) is 129 cm³/mol. The number of fused-ring (bicyclic) bond motifs is 1. The minimum Gasteiger partial charge on any atom is -0.503 e. The fourth-order valence-corrected chi connectivity index (χ4v) is 5.05. The monoisotopic (exact) mass is 491 g/mol. The lowest BCUT2D eigenvalue weighted by molar-refractivity contribution is -0.117. The molecule has 1 amide bonds. The van der Waals surface area contributed by atoms with Crippen molar-refractivity contribution in [2.75, 3.05) is 19.1 Å². The Morgan fingerprint density at radius 2 is 1.89 bits per heavy atom. The molecular formula is C24H21N5O5S. The summed E-state index contributed by atoms with van der Waals surface area (Å²) in [7, 11) is 3.03. The van der Waals surface area contributed by atoms with Crippen molar-refractivity contribution >= 4 is 40.0 Å². The Morgan fingerprint density at radius 3 is 2.51 bits per heavy atom. The average molecular weight is 492 g/mol. The Labute approximate surface area is 203 Å². The summed E-state index contributed by atoms with van der Waals surface area (Å²) >= 11 is 1.21. The van der Waals surface area contributed by atoms with Crippen LogP contribution in [0.5, 0.6) is 11.5 Å². The van der Waals surface area contributed by atoms with Crippen molar-refractivity contribution in [1.82, 2.24) is 19.9 Å². The molecule has 5 rings (SSSR count). The summed E-state index contributed by atoms with van der Waals surface area (Å²) in [6.45, 7) is 3.51. The molecule has 0 bridgehead atoms. The minimum atomic E-state index is -0.998. The summed E-state index contributed by atoms with van der Waals surface area (Å²) in [6, 6.07) is 7.54. The molecule has 178 valence electrons. The van der Waals surface area contributed by atoms with Crippen LogP contribution < -0.4 is 14.4 Å². The first kappa shape index (κ1) is 22.5. The molecule has 0 spiro atoms. The lowest BCUT2D eigenvalue weighted by Crippen LogP contribution is -2.32. The van der Waals surface area contributed by atoms with E-state index in [4.69, 9.17) is 9.47 Å². The number of nitrogens with one attached hydrogen (secondary N) is 1. The number of benzene rings is 1. The molecule has 0 aliphatic carbocycles. The largest absolute Gasteiger partial charge is 0.503 e. The van der Waals surface area contributed by atoms with Crippen molar-refractivity contribution in [2.45, 2.75) is 19.9 Å². The standard InChI is InChI=1S/C24H21N5O5S/c1-11-22(35-12(2)26-11)20(30)18-19(13-7-5-6-8-25-13)29(23(32)21(18)31)24-27-14-9-16(33-3)17(34-4)10-15(14)28-24/h5-10,19,31H,1-4H3,(H,27,28). The zero-order chi connectivity index (χ0) is 24.9. The van der Waals surface area contributed by atoms with E-state index in [0.29, 0.717) is 43.8 Å². The molecule has 3 aromatic heterocycles. The van der Waals surface area contributed by atoms with E-state index in [9.17, 15) is 14.7 Å². The van der Waals surface area contributed by atoms with Gasteiger partial charge in [-0.05, 0) is 26.0 Å². The molecule has 1 unspecified atom stereocenters. The summed E-state index contributed by atoms with van der Waals surface area (Å²) in [5.41, 5.74) is 1.96. The number of ketones is 1. The number of aromatic nitrogens is 4. The predicted octanol–water partition coefficient (Wildman–Crippen LogP) is 3.83. The SMILES string of the molecule is COc1cc2nc(N3C(=O)C(O)=C(C(=O)c4sc(C)nc4C)C3c3ccccn3)[nH]c2cc1OC. The van der Waals surface area contributed by atoms with Gasteiger partial charge in [-0.25, -0.2) is 9.97 Å². The first-order valence-electron chi connectivity index (χ1n) is 10.6. The number of aromatic amines is 1. The molecule has 0 fully saturated rings. The molecule has 10 nitrogen and oxygen atoms in total. The molecule has 1 aliphatic heterocycles. The van der Waals surface area contributed by atoms with Crippen molar-refractivity contribution in [2.24, 2.45) is 0 Å². The number of anilines is 1. The number of aliphatic hydroxyl groups excluding tert-OH is 1. The lowest BCUT2D eigenvalue weighted by atomic mass is 9.98.